The number of aromatic nitrogens is 2. The van der Waals surface area contributed by atoms with Crippen LogP contribution < -0.4 is 4.90 Å². The number of carbonyl (C=O) groups excluding carboxylic acids is 3. The fraction of sp³-hybridized carbons (Fsp3) is 0.360. The van der Waals surface area contributed by atoms with E-state index >= 15 is 0 Å². The van der Waals surface area contributed by atoms with Crippen molar-refractivity contribution >= 4 is 34.4 Å². The molecule has 172 valence electrons. The summed E-state index contributed by atoms with van der Waals surface area (Å²) in [6.45, 7) is 3.12. The van der Waals surface area contributed by atoms with Crippen molar-refractivity contribution < 1.29 is 19.1 Å². The summed E-state index contributed by atoms with van der Waals surface area (Å²) in [5.41, 5.74) is 2.76. The number of esters is 1. The molecule has 0 aliphatic carbocycles. The number of carbonyl (C=O) groups is 3. The minimum Gasteiger partial charge on any atom is -0.462 e. The van der Waals surface area contributed by atoms with Crippen LogP contribution in [0.25, 0.3) is 10.9 Å². The number of amides is 2. The van der Waals surface area contributed by atoms with Crippen LogP contribution >= 0.6 is 0 Å². The molecule has 2 amide bonds. The van der Waals surface area contributed by atoms with Gasteiger partial charge in [0.25, 0.3) is 0 Å². The van der Waals surface area contributed by atoms with Crippen LogP contribution in [-0.4, -0.2) is 59.2 Å². The van der Waals surface area contributed by atoms with E-state index in [1.165, 1.54) is 0 Å². The van der Waals surface area contributed by atoms with Gasteiger partial charge in [-0.2, -0.15) is 5.10 Å². The molecule has 1 fully saturated rings. The van der Waals surface area contributed by atoms with Crippen molar-refractivity contribution in [2.24, 2.45) is 13.0 Å². The van der Waals surface area contributed by atoms with Crippen LogP contribution in [0.2, 0.25) is 0 Å². The number of Topliss-reactive ketones (excluding diaryl/α,β-unsaturated/α-hetero) is 1. The van der Waals surface area contributed by atoms with Gasteiger partial charge >= 0.3 is 12.0 Å². The predicted octanol–water partition coefficient (Wildman–Crippen LogP) is 3.90. The molecular formula is C25H28N4O4. The van der Waals surface area contributed by atoms with E-state index in [4.69, 9.17) is 4.74 Å². The summed E-state index contributed by atoms with van der Waals surface area (Å²) >= 11 is 0. The number of ether oxygens (including phenoxy) is 1. The molecule has 0 radical (unpaired) electrons. The monoisotopic (exact) mass is 448 g/mol. The third kappa shape index (κ3) is 4.60. The second kappa shape index (κ2) is 9.44. The second-order valence-electron chi connectivity index (χ2n) is 8.28. The Morgan fingerprint density at radius 1 is 1.06 bits per heavy atom. The molecule has 33 heavy (non-hydrogen) atoms. The first-order valence-corrected chi connectivity index (χ1v) is 11.1. The van der Waals surface area contributed by atoms with Crippen LogP contribution in [0.1, 0.15) is 40.5 Å². The van der Waals surface area contributed by atoms with Crippen molar-refractivity contribution in [2.75, 3.05) is 31.6 Å². The number of rotatable bonds is 5. The number of benzene rings is 2. The molecular weight excluding hydrogens is 420 g/mol. The highest BCUT2D eigenvalue weighted by molar-refractivity contribution is 6.01. The van der Waals surface area contributed by atoms with Gasteiger partial charge < -0.3 is 9.64 Å². The number of hydrogen-bond acceptors (Lipinski definition) is 5. The molecule has 4 rings (SSSR count). The van der Waals surface area contributed by atoms with Gasteiger partial charge in [-0.15, -0.1) is 0 Å². The van der Waals surface area contributed by atoms with Crippen LogP contribution in [-0.2, 0) is 11.8 Å². The number of piperidine rings is 1. The molecule has 1 aliphatic rings. The van der Waals surface area contributed by atoms with Gasteiger partial charge in [-0.3, -0.25) is 14.4 Å². The Morgan fingerprint density at radius 2 is 1.73 bits per heavy atom. The van der Waals surface area contributed by atoms with Gasteiger partial charge in [-0.05, 0) is 50.1 Å². The topological polar surface area (TPSA) is 84.7 Å². The maximum absolute atomic E-state index is 13.1. The SMILES string of the molecule is CCOC(=O)c1ccc(N(C)C(=O)N2CCC(C(=O)c3ccc4cnn(C)c4c3)CC2)cc1. The third-order valence-electron chi connectivity index (χ3n) is 6.22. The van der Waals surface area contributed by atoms with Gasteiger partial charge in [0.2, 0.25) is 0 Å². The summed E-state index contributed by atoms with van der Waals surface area (Å²) in [5, 5.41) is 5.24. The Hall–Kier alpha value is -3.68. The normalized spacial score (nSPS) is 14.3. The van der Waals surface area contributed by atoms with Gasteiger partial charge in [0, 0.05) is 49.7 Å². The van der Waals surface area contributed by atoms with E-state index in [0.29, 0.717) is 49.4 Å². The van der Waals surface area contributed by atoms with Crippen molar-refractivity contribution in [1.29, 1.82) is 0 Å². The van der Waals surface area contributed by atoms with Crippen LogP contribution in [0.5, 0.6) is 0 Å². The first-order valence-electron chi connectivity index (χ1n) is 11.1. The Bertz CT molecular complexity index is 1180. The lowest BCUT2D eigenvalue weighted by atomic mass is 9.88. The molecule has 2 aromatic carbocycles. The number of likely N-dealkylation sites (tertiary alicyclic amines) is 1. The summed E-state index contributed by atoms with van der Waals surface area (Å²) in [6.07, 6.45) is 3.04. The highest BCUT2D eigenvalue weighted by Gasteiger charge is 2.29. The Labute approximate surface area is 192 Å². The van der Waals surface area contributed by atoms with Crippen LogP contribution in [0, 0.1) is 5.92 Å². The quantitative estimate of drug-likeness (QED) is 0.437. The van der Waals surface area contributed by atoms with Crippen molar-refractivity contribution in [3.63, 3.8) is 0 Å². The summed E-state index contributed by atoms with van der Waals surface area (Å²) in [7, 11) is 3.57. The molecule has 8 heteroatoms. The lowest BCUT2D eigenvalue weighted by Crippen LogP contribution is -2.46. The number of ketones is 1. The van der Waals surface area contributed by atoms with Gasteiger partial charge in [0.1, 0.15) is 0 Å². The number of hydrogen-bond donors (Lipinski definition) is 0. The van der Waals surface area contributed by atoms with E-state index in [0.717, 1.165) is 10.9 Å². The molecule has 0 unspecified atom stereocenters. The van der Waals surface area contributed by atoms with E-state index in [1.54, 1.807) is 58.9 Å². The number of urea groups is 1. The minimum absolute atomic E-state index is 0.103. The summed E-state index contributed by atoms with van der Waals surface area (Å²) in [5.74, 6) is -0.366. The van der Waals surface area contributed by atoms with Crippen molar-refractivity contribution in [1.82, 2.24) is 14.7 Å². The van der Waals surface area contributed by atoms with Crippen molar-refractivity contribution in [2.45, 2.75) is 19.8 Å². The van der Waals surface area contributed by atoms with E-state index in [9.17, 15) is 14.4 Å². The van der Waals surface area contributed by atoms with E-state index in [1.807, 2.05) is 25.2 Å². The molecule has 0 spiro atoms. The fourth-order valence-electron chi connectivity index (χ4n) is 4.22. The highest BCUT2D eigenvalue weighted by Crippen LogP contribution is 2.25. The van der Waals surface area contributed by atoms with Crippen molar-refractivity contribution in [3.05, 3.63) is 59.8 Å². The third-order valence-corrected chi connectivity index (χ3v) is 6.22. The predicted molar refractivity (Wildman–Crippen MR) is 126 cm³/mol. The molecule has 1 saturated heterocycles. The Kier molecular flexibility index (Phi) is 6.44. The summed E-state index contributed by atoms with van der Waals surface area (Å²) < 4.78 is 6.76. The summed E-state index contributed by atoms with van der Waals surface area (Å²) in [4.78, 5) is 41.2. The van der Waals surface area contributed by atoms with Crippen molar-refractivity contribution in [3.8, 4) is 0 Å². The van der Waals surface area contributed by atoms with Gasteiger partial charge in [0.05, 0.1) is 23.9 Å². The first-order chi connectivity index (χ1) is 15.9. The van der Waals surface area contributed by atoms with Crippen LogP contribution in [0.15, 0.2) is 48.7 Å². The molecule has 2 heterocycles. The lowest BCUT2D eigenvalue weighted by molar-refractivity contribution is 0.0526. The zero-order valence-corrected chi connectivity index (χ0v) is 19.2. The Morgan fingerprint density at radius 3 is 2.39 bits per heavy atom. The standard InChI is InChI=1S/C25H28N4O4/c1-4-33-24(31)18-7-9-21(10-8-18)27(2)25(32)29-13-11-17(12-14-29)23(30)19-5-6-20-16-26-28(3)22(20)15-19/h5-10,15-17H,4,11-14H2,1-3H3. The largest absolute Gasteiger partial charge is 0.462 e. The molecule has 0 saturated carbocycles. The lowest BCUT2D eigenvalue weighted by Gasteiger charge is -2.34. The zero-order chi connectivity index (χ0) is 23.5. The molecule has 1 aromatic heterocycles. The summed E-state index contributed by atoms with van der Waals surface area (Å²) in [6, 6.07) is 12.3. The molecule has 8 nitrogen and oxygen atoms in total. The van der Waals surface area contributed by atoms with Gasteiger partial charge in [-0.25, -0.2) is 9.59 Å². The number of fused-ring (bicyclic) bond motifs is 1. The fourth-order valence-corrected chi connectivity index (χ4v) is 4.22. The van der Waals surface area contributed by atoms with Crippen LogP contribution in [0.4, 0.5) is 10.5 Å². The number of anilines is 1. The van der Waals surface area contributed by atoms with E-state index < -0.39 is 0 Å². The molecule has 0 atom stereocenters. The molecule has 0 bridgehead atoms. The maximum Gasteiger partial charge on any atom is 0.338 e. The maximum atomic E-state index is 13.1. The smallest absolute Gasteiger partial charge is 0.338 e. The first kappa shape index (κ1) is 22.5. The van der Waals surface area contributed by atoms with E-state index in [2.05, 4.69) is 5.10 Å². The second-order valence-corrected chi connectivity index (χ2v) is 8.28. The average molecular weight is 449 g/mol. The molecule has 0 N–H and O–H groups in total. The number of nitrogens with zero attached hydrogens (tertiary/aromatic N) is 4. The Balaban J connectivity index is 1.36. The van der Waals surface area contributed by atoms with E-state index in [-0.39, 0.29) is 23.7 Å². The highest BCUT2D eigenvalue weighted by atomic mass is 16.5. The van der Waals surface area contributed by atoms with Gasteiger partial charge in [-0.1, -0.05) is 12.1 Å². The number of aryl methyl sites for hydroxylation is 1. The zero-order valence-electron chi connectivity index (χ0n) is 19.2. The minimum atomic E-state index is -0.382. The molecule has 3 aromatic rings. The van der Waals surface area contributed by atoms with Gasteiger partial charge in [0.15, 0.2) is 5.78 Å². The van der Waals surface area contributed by atoms with Crippen LogP contribution in [0.3, 0.4) is 0 Å². The molecule has 1 aliphatic heterocycles. The average Bonchev–Trinajstić information content (AvgIpc) is 3.23.